The van der Waals surface area contributed by atoms with Gasteiger partial charge in [0.2, 0.25) is 0 Å². The predicted octanol–water partition coefficient (Wildman–Crippen LogP) is 12.9. The van der Waals surface area contributed by atoms with E-state index >= 15 is 0 Å². The van der Waals surface area contributed by atoms with Crippen LogP contribution in [0, 0.1) is 64.6 Å². The third-order valence-corrected chi connectivity index (χ3v) is 12.5. The van der Waals surface area contributed by atoms with Crippen molar-refractivity contribution in [2.75, 3.05) is 0 Å². The second kappa shape index (κ2) is 15.5. The molecule has 6 saturated carbocycles. The molecular formula is C39H72. The second-order valence-corrected chi connectivity index (χ2v) is 17.6. The van der Waals surface area contributed by atoms with E-state index in [1.807, 2.05) is 0 Å². The van der Waals surface area contributed by atoms with Gasteiger partial charge in [0.25, 0.3) is 0 Å². The van der Waals surface area contributed by atoms with E-state index in [0.717, 1.165) is 59.2 Å². The number of hydrogen-bond donors (Lipinski definition) is 0. The first-order valence-electron chi connectivity index (χ1n) is 18.7. The van der Waals surface area contributed by atoms with Gasteiger partial charge in [-0.25, -0.2) is 0 Å². The van der Waals surface area contributed by atoms with Crippen LogP contribution in [0.1, 0.15) is 183 Å². The molecule has 6 fully saturated rings. The van der Waals surface area contributed by atoms with E-state index in [2.05, 4.69) is 41.5 Å². The average Bonchev–Trinajstić information content (AvgIpc) is 3.41. The zero-order valence-electron chi connectivity index (χ0n) is 27.8. The molecule has 8 atom stereocenters. The quantitative estimate of drug-likeness (QED) is 0.332. The molecule has 6 aliphatic rings. The molecule has 0 bridgehead atoms. The van der Waals surface area contributed by atoms with Crippen molar-refractivity contribution in [1.29, 1.82) is 0 Å². The molecule has 228 valence electrons. The Labute approximate surface area is 247 Å². The first kappa shape index (κ1) is 31.9. The predicted molar refractivity (Wildman–Crippen MR) is 173 cm³/mol. The zero-order chi connectivity index (χ0) is 27.8. The molecule has 6 rings (SSSR count). The van der Waals surface area contributed by atoms with Gasteiger partial charge in [-0.3, -0.25) is 0 Å². The third-order valence-electron chi connectivity index (χ3n) is 12.5. The minimum Gasteiger partial charge on any atom is -0.0622 e. The highest BCUT2D eigenvalue weighted by Crippen LogP contribution is 2.53. The summed E-state index contributed by atoms with van der Waals surface area (Å²) in [5, 5.41) is 0. The SMILES string of the molecule is CC(C)(C)C.CC1CC(CC2CCCCC2)C2CCCCC12.CC1CC(CC2CCCCC2)C2CCCCC12. The molecule has 0 nitrogen and oxygen atoms in total. The molecule has 8 unspecified atom stereocenters. The van der Waals surface area contributed by atoms with Gasteiger partial charge in [-0.05, 0) is 116 Å². The highest BCUT2D eigenvalue weighted by atomic mass is 14.5. The summed E-state index contributed by atoms with van der Waals surface area (Å²) in [4.78, 5) is 0. The minimum atomic E-state index is 0.500. The molecule has 0 spiro atoms. The number of fused-ring (bicyclic) bond motifs is 2. The van der Waals surface area contributed by atoms with Gasteiger partial charge < -0.3 is 0 Å². The van der Waals surface area contributed by atoms with E-state index in [1.165, 1.54) is 64.2 Å². The van der Waals surface area contributed by atoms with Gasteiger partial charge in [0.1, 0.15) is 0 Å². The monoisotopic (exact) mass is 541 g/mol. The molecule has 0 saturated heterocycles. The van der Waals surface area contributed by atoms with Gasteiger partial charge in [-0.1, -0.05) is 131 Å². The van der Waals surface area contributed by atoms with Crippen molar-refractivity contribution in [3.05, 3.63) is 0 Å². The van der Waals surface area contributed by atoms with Crippen LogP contribution < -0.4 is 0 Å². The Kier molecular flexibility index (Phi) is 12.7. The zero-order valence-corrected chi connectivity index (χ0v) is 27.8. The summed E-state index contributed by atoms with van der Waals surface area (Å²) >= 11 is 0. The van der Waals surface area contributed by atoms with E-state index < -0.39 is 0 Å². The first-order chi connectivity index (χ1) is 18.7. The molecule has 0 aromatic carbocycles. The first-order valence-corrected chi connectivity index (χ1v) is 18.7. The van der Waals surface area contributed by atoms with Crippen molar-refractivity contribution >= 4 is 0 Å². The largest absolute Gasteiger partial charge is 0.0622 e. The summed E-state index contributed by atoms with van der Waals surface area (Å²) in [6.45, 7) is 13.8. The molecule has 0 radical (unpaired) electrons. The van der Waals surface area contributed by atoms with E-state index in [9.17, 15) is 0 Å². The lowest BCUT2D eigenvalue weighted by atomic mass is 9.73. The molecule has 0 aromatic rings. The second-order valence-electron chi connectivity index (χ2n) is 17.6. The molecule has 0 aromatic heterocycles. The molecule has 39 heavy (non-hydrogen) atoms. The summed E-state index contributed by atoms with van der Waals surface area (Å²) in [7, 11) is 0. The van der Waals surface area contributed by atoms with E-state index in [4.69, 9.17) is 0 Å². The third kappa shape index (κ3) is 10.1. The van der Waals surface area contributed by atoms with Crippen LogP contribution in [0.5, 0.6) is 0 Å². The highest BCUT2D eigenvalue weighted by Gasteiger charge is 2.43. The Morgan fingerprint density at radius 1 is 0.410 bits per heavy atom. The van der Waals surface area contributed by atoms with Gasteiger partial charge in [-0.2, -0.15) is 0 Å². The lowest BCUT2D eigenvalue weighted by molar-refractivity contribution is 0.180. The molecule has 0 amide bonds. The van der Waals surface area contributed by atoms with E-state index in [1.54, 1.807) is 77.0 Å². The van der Waals surface area contributed by atoms with Crippen LogP contribution in [0.4, 0.5) is 0 Å². The van der Waals surface area contributed by atoms with Gasteiger partial charge in [-0.15, -0.1) is 0 Å². The Morgan fingerprint density at radius 3 is 1.03 bits per heavy atom. The average molecular weight is 541 g/mol. The molecule has 0 N–H and O–H groups in total. The van der Waals surface area contributed by atoms with E-state index in [-0.39, 0.29) is 0 Å². The van der Waals surface area contributed by atoms with Crippen LogP contribution in [0.25, 0.3) is 0 Å². The Bertz CT molecular complexity index is 600. The van der Waals surface area contributed by atoms with Crippen molar-refractivity contribution in [2.24, 2.45) is 64.6 Å². The van der Waals surface area contributed by atoms with E-state index in [0.29, 0.717) is 5.41 Å². The van der Waals surface area contributed by atoms with Gasteiger partial charge in [0, 0.05) is 0 Å². The summed E-state index contributed by atoms with van der Waals surface area (Å²) in [5.74, 6) is 11.1. The van der Waals surface area contributed by atoms with Crippen LogP contribution in [-0.2, 0) is 0 Å². The maximum absolute atomic E-state index is 2.55. The lowest BCUT2D eigenvalue weighted by Crippen LogP contribution is -2.22. The summed E-state index contributed by atoms with van der Waals surface area (Å²) < 4.78 is 0. The van der Waals surface area contributed by atoms with Crippen molar-refractivity contribution in [3.8, 4) is 0 Å². The smallest absolute Gasteiger partial charge is 0.0355 e. The van der Waals surface area contributed by atoms with Crippen LogP contribution >= 0.6 is 0 Å². The Morgan fingerprint density at radius 2 is 0.692 bits per heavy atom. The molecule has 0 heterocycles. The van der Waals surface area contributed by atoms with Gasteiger partial charge in [0.15, 0.2) is 0 Å². The molecular weight excluding hydrogens is 468 g/mol. The standard InChI is InChI=1S/2C17H30.C5H12/c2*1-13-11-15(12-14-7-3-2-4-8-14)17-10-6-5-9-16(13)17;1-5(2,3)4/h2*13-17H,2-12H2,1H3;1-4H3. The lowest BCUT2D eigenvalue weighted by Gasteiger charge is -2.33. The highest BCUT2D eigenvalue weighted by molar-refractivity contribution is 4.93. The fraction of sp³-hybridized carbons (Fsp3) is 1.00. The van der Waals surface area contributed by atoms with Crippen LogP contribution in [0.2, 0.25) is 0 Å². The number of hydrogen-bond acceptors (Lipinski definition) is 0. The topological polar surface area (TPSA) is 0 Å². The van der Waals surface area contributed by atoms with Gasteiger partial charge >= 0.3 is 0 Å². The fourth-order valence-electron chi connectivity index (χ4n) is 10.9. The van der Waals surface area contributed by atoms with Crippen LogP contribution in [0.15, 0.2) is 0 Å². The van der Waals surface area contributed by atoms with Crippen LogP contribution in [0.3, 0.4) is 0 Å². The summed E-state index contributed by atoms with van der Waals surface area (Å²) in [5.41, 5.74) is 0.500. The van der Waals surface area contributed by atoms with Crippen molar-refractivity contribution in [1.82, 2.24) is 0 Å². The molecule has 0 aliphatic heterocycles. The van der Waals surface area contributed by atoms with Gasteiger partial charge in [0.05, 0.1) is 0 Å². The Hall–Kier alpha value is 0. The van der Waals surface area contributed by atoms with Crippen molar-refractivity contribution in [3.63, 3.8) is 0 Å². The van der Waals surface area contributed by atoms with Crippen molar-refractivity contribution < 1.29 is 0 Å². The molecule has 6 aliphatic carbocycles. The minimum absolute atomic E-state index is 0.500. The van der Waals surface area contributed by atoms with Crippen molar-refractivity contribution in [2.45, 2.75) is 183 Å². The summed E-state index contributed by atoms with van der Waals surface area (Å²) in [6, 6.07) is 0. The summed E-state index contributed by atoms with van der Waals surface area (Å²) in [6.07, 6.45) is 34.1. The maximum Gasteiger partial charge on any atom is -0.0355 e. The Balaban J connectivity index is 0.000000155. The fourth-order valence-corrected chi connectivity index (χ4v) is 10.9. The normalized spacial score (nSPS) is 39.5. The van der Waals surface area contributed by atoms with Crippen LogP contribution in [-0.4, -0.2) is 0 Å². The number of rotatable bonds is 4. The maximum atomic E-state index is 2.55. The molecule has 0 heteroatoms.